The summed E-state index contributed by atoms with van der Waals surface area (Å²) in [5, 5.41) is 0. The molecule has 4 rings (SSSR count). The van der Waals surface area contributed by atoms with Crippen LogP contribution in [-0.4, -0.2) is 37.4 Å². The number of ketones is 1. The Kier molecular flexibility index (Phi) is 2.90. The number of nitrogens with zero attached hydrogens (tertiary/aromatic N) is 1. The summed E-state index contributed by atoms with van der Waals surface area (Å²) >= 11 is 0. The molecule has 3 aliphatic rings. The van der Waals surface area contributed by atoms with Crippen LogP contribution in [0.5, 0.6) is 5.75 Å². The van der Waals surface area contributed by atoms with Gasteiger partial charge in [-0.15, -0.1) is 0 Å². The van der Waals surface area contributed by atoms with Gasteiger partial charge in [-0.1, -0.05) is 6.07 Å². The molecule has 0 aromatic heterocycles. The van der Waals surface area contributed by atoms with E-state index in [-0.39, 0.29) is 5.41 Å². The first-order valence-corrected chi connectivity index (χ1v) is 8.03. The fourth-order valence-electron chi connectivity index (χ4n) is 5.12. The molecule has 2 bridgehead atoms. The Labute approximate surface area is 126 Å². The van der Waals surface area contributed by atoms with Crippen LogP contribution < -0.4 is 4.74 Å². The summed E-state index contributed by atoms with van der Waals surface area (Å²) in [6.07, 6.45) is 4.80. The Bertz CT molecular complexity index is 597. The zero-order valence-corrected chi connectivity index (χ0v) is 12.9. The number of Topliss-reactive ketones (excluding diaryl/α,β-unsaturated/α-hetero) is 1. The molecular weight excluding hydrogens is 262 g/mol. The lowest BCUT2D eigenvalue weighted by molar-refractivity contribution is -0.126. The molecule has 2 aliphatic carbocycles. The molecule has 1 aliphatic heterocycles. The fourth-order valence-corrected chi connectivity index (χ4v) is 5.12. The molecule has 1 aromatic rings. The molecule has 3 heteroatoms. The van der Waals surface area contributed by atoms with Gasteiger partial charge in [0.25, 0.3) is 0 Å². The Hall–Kier alpha value is -1.35. The van der Waals surface area contributed by atoms with E-state index in [0.29, 0.717) is 17.7 Å². The van der Waals surface area contributed by atoms with Gasteiger partial charge in [0.05, 0.1) is 7.11 Å². The van der Waals surface area contributed by atoms with Crippen molar-refractivity contribution in [3.05, 3.63) is 29.3 Å². The van der Waals surface area contributed by atoms with Gasteiger partial charge in [0.15, 0.2) is 0 Å². The van der Waals surface area contributed by atoms with Crippen LogP contribution in [0.15, 0.2) is 18.2 Å². The van der Waals surface area contributed by atoms with Crippen LogP contribution in [0.2, 0.25) is 0 Å². The Morgan fingerprint density at radius 3 is 3.05 bits per heavy atom. The normalized spacial score (nSPS) is 35.0. The molecule has 3 atom stereocenters. The Morgan fingerprint density at radius 2 is 2.24 bits per heavy atom. The van der Waals surface area contributed by atoms with Crippen molar-refractivity contribution in [3.63, 3.8) is 0 Å². The van der Waals surface area contributed by atoms with Crippen LogP contribution in [0.4, 0.5) is 0 Å². The number of likely N-dealkylation sites (tertiary alicyclic amines) is 1. The molecule has 3 nitrogen and oxygen atoms in total. The fraction of sp³-hybridized carbons (Fsp3) is 0.611. The molecule has 0 radical (unpaired) electrons. The van der Waals surface area contributed by atoms with Gasteiger partial charge in [-0.3, -0.25) is 4.79 Å². The van der Waals surface area contributed by atoms with Gasteiger partial charge in [-0.2, -0.15) is 0 Å². The van der Waals surface area contributed by atoms with E-state index < -0.39 is 0 Å². The standard InChI is InChI=1S/C18H23NO2/c1-19-8-7-18-11-13(20)4-6-15(18)17(19)9-12-3-5-14(21-2)10-16(12)18/h3,5,10,15,17H,4,6-9,11H2,1-2H3/t15-,17-,18+/m1/s1. The number of likely N-dealkylation sites (N-methyl/N-ethyl adjacent to an activating group) is 1. The number of carbonyl (C=O) groups is 1. The molecule has 112 valence electrons. The topological polar surface area (TPSA) is 29.5 Å². The van der Waals surface area contributed by atoms with E-state index in [4.69, 9.17) is 4.74 Å². The molecule has 21 heavy (non-hydrogen) atoms. The second-order valence-corrected chi connectivity index (χ2v) is 7.04. The van der Waals surface area contributed by atoms with Crippen LogP contribution in [0, 0.1) is 5.92 Å². The quantitative estimate of drug-likeness (QED) is 0.794. The summed E-state index contributed by atoms with van der Waals surface area (Å²) in [6.45, 7) is 1.10. The molecule has 2 fully saturated rings. The van der Waals surface area contributed by atoms with E-state index in [1.54, 1.807) is 7.11 Å². The highest BCUT2D eigenvalue weighted by Crippen LogP contribution is 2.55. The van der Waals surface area contributed by atoms with Gasteiger partial charge < -0.3 is 9.64 Å². The number of methoxy groups -OCH3 is 1. The number of rotatable bonds is 1. The van der Waals surface area contributed by atoms with Crippen molar-refractivity contribution in [2.24, 2.45) is 5.92 Å². The highest BCUT2D eigenvalue weighted by molar-refractivity contribution is 5.81. The van der Waals surface area contributed by atoms with Crippen LogP contribution in [0.25, 0.3) is 0 Å². The van der Waals surface area contributed by atoms with Crippen LogP contribution in [-0.2, 0) is 16.6 Å². The molecule has 1 aromatic carbocycles. The Balaban J connectivity index is 1.90. The van der Waals surface area contributed by atoms with Crippen molar-refractivity contribution >= 4 is 5.78 Å². The van der Waals surface area contributed by atoms with Gasteiger partial charge >= 0.3 is 0 Å². The van der Waals surface area contributed by atoms with Gasteiger partial charge in [0.2, 0.25) is 0 Å². The predicted molar refractivity (Wildman–Crippen MR) is 81.8 cm³/mol. The second-order valence-electron chi connectivity index (χ2n) is 7.04. The first-order valence-electron chi connectivity index (χ1n) is 8.03. The number of carbonyl (C=O) groups excluding carboxylic acids is 1. The monoisotopic (exact) mass is 285 g/mol. The van der Waals surface area contributed by atoms with Crippen molar-refractivity contribution in [2.75, 3.05) is 20.7 Å². The Morgan fingerprint density at radius 1 is 1.38 bits per heavy atom. The molecule has 1 saturated heterocycles. The third kappa shape index (κ3) is 1.80. The number of benzene rings is 1. The summed E-state index contributed by atoms with van der Waals surface area (Å²) in [4.78, 5) is 14.7. The zero-order chi connectivity index (χ0) is 14.6. The lowest BCUT2D eigenvalue weighted by Crippen LogP contribution is -2.60. The zero-order valence-electron chi connectivity index (χ0n) is 12.9. The number of fused-ring (bicyclic) bond motifs is 1. The van der Waals surface area contributed by atoms with Crippen LogP contribution in [0.3, 0.4) is 0 Å². The minimum atomic E-state index is 0.0780. The van der Waals surface area contributed by atoms with Crippen molar-refractivity contribution in [1.29, 1.82) is 0 Å². The molecule has 0 unspecified atom stereocenters. The van der Waals surface area contributed by atoms with Gasteiger partial charge in [0, 0.05) is 24.3 Å². The van der Waals surface area contributed by atoms with E-state index in [1.807, 2.05) is 0 Å². The smallest absolute Gasteiger partial charge is 0.133 e. The minimum absolute atomic E-state index is 0.0780. The van der Waals surface area contributed by atoms with Gasteiger partial charge in [-0.05, 0) is 62.0 Å². The number of ether oxygens (including phenoxy) is 1. The van der Waals surface area contributed by atoms with Gasteiger partial charge in [0.1, 0.15) is 11.5 Å². The average molecular weight is 285 g/mol. The van der Waals surface area contributed by atoms with Crippen molar-refractivity contribution < 1.29 is 9.53 Å². The summed E-state index contributed by atoms with van der Waals surface area (Å²) in [7, 11) is 3.97. The van der Waals surface area contributed by atoms with Crippen LogP contribution in [0.1, 0.15) is 36.8 Å². The summed E-state index contributed by atoms with van der Waals surface area (Å²) in [6, 6.07) is 7.10. The largest absolute Gasteiger partial charge is 0.497 e. The van der Waals surface area contributed by atoms with E-state index in [1.165, 1.54) is 11.1 Å². The van der Waals surface area contributed by atoms with Crippen molar-refractivity contribution in [2.45, 2.75) is 43.6 Å². The van der Waals surface area contributed by atoms with E-state index >= 15 is 0 Å². The first-order chi connectivity index (χ1) is 10.1. The maximum Gasteiger partial charge on any atom is 0.133 e. The summed E-state index contributed by atoms with van der Waals surface area (Å²) < 4.78 is 5.45. The summed E-state index contributed by atoms with van der Waals surface area (Å²) in [5.74, 6) is 2.01. The number of piperidine rings is 1. The maximum atomic E-state index is 12.2. The maximum absolute atomic E-state index is 12.2. The summed E-state index contributed by atoms with van der Waals surface area (Å²) in [5.41, 5.74) is 2.91. The highest BCUT2D eigenvalue weighted by atomic mass is 16.5. The predicted octanol–water partition coefficient (Wildman–Crippen LogP) is 2.56. The second kappa shape index (κ2) is 4.57. The SMILES string of the molecule is COc1ccc2c(c1)[C@]13CCN(C)[C@H](C2)[C@H]1CCC(=O)C3. The van der Waals surface area contributed by atoms with Crippen molar-refractivity contribution in [1.82, 2.24) is 4.90 Å². The first kappa shape index (κ1) is 13.3. The highest BCUT2D eigenvalue weighted by Gasteiger charge is 2.54. The number of hydrogen-bond donors (Lipinski definition) is 0. The minimum Gasteiger partial charge on any atom is -0.497 e. The average Bonchev–Trinajstić information content (AvgIpc) is 2.50. The lowest BCUT2D eigenvalue weighted by atomic mass is 9.52. The van der Waals surface area contributed by atoms with E-state index in [0.717, 1.165) is 44.4 Å². The molecule has 0 spiro atoms. The number of hydrogen-bond acceptors (Lipinski definition) is 3. The van der Waals surface area contributed by atoms with Gasteiger partial charge in [-0.25, -0.2) is 0 Å². The lowest BCUT2D eigenvalue weighted by Gasteiger charge is -2.58. The third-order valence-corrected chi connectivity index (χ3v) is 6.18. The van der Waals surface area contributed by atoms with Crippen LogP contribution >= 0.6 is 0 Å². The third-order valence-electron chi connectivity index (χ3n) is 6.18. The molecule has 1 saturated carbocycles. The van der Waals surface area contributed by atoms with E-state index in [2.05, 4.69) is 30.1 Å². The molecular formula is C18H23NO2. The van der Waals surface area contributed by atoms with E-state index in [9.17, 15) is 4.79 Å². The molecule has 0 amide bonds. The van der Waals surface area contributed by atoms with Crippen molar-refractivity contribution in [3.8, 4) is 5.75 Å². The molecule has 0 N–H and O–H groups in total. The molecule has 1 heterocycles.